The van der Waals surface area contributed by atoms with Gasteiger partial charge in [0.1, 0.15) is 24.5 Å². The molecular weight excluding hydrogens is 311 g/mol. The first kappa shape index (κ1) is 16.1. The Kier molecular flexibility index (Phi) is 4.79. The van der Waals surface area contributed by atoms with Crippen LogP contribution in [0.25, 0.3) is 11.0 Å². The van der Waals surface area contributed by atoms with E-state index in [2.05, 4.69) is 0 Å². The summed E-state index contributed by atoms with van der Waals surface area (Å²) in [7, 11) is 0. The summed E-state index contributed by atoms with van der Waals surface area (Å²) in [4.78, 5) is 11.6. The van der Waals surface area contributed by atoms with Crippen molar-refractivity contribution in [2.24, 2.45) is 0 Å². The molecule has 0 aliphatic carbocycles. The smallest absolute Gasteiger partial charge is 0.336 e. The van der Waals surface area contributed by atoms with Gasteiger partial charge in [0.25, 0.3) is 0 Å². The molecule has 0 unspecified atom stereocenters. The number of rotatable bonds is 6. The van der Waals surface area contributed by atoms with E-state index in [1.54, 1.807) is 24.3 Å². The number of benzene rings is 2. The third-order valence-electron chi connectivity index (χ3n) is 3.63. The first-order chi connectivity index (χ1) is 11.7. The van der Waals surface area contributed by atoms with E-state index in [0.717, 1.165) is 17.4 Å². The van der Waals surface area contributed by atoms with Crippen molar-refractivity contribution < 1.29 is 18.3 Å². The summed E-state index contributed by atoms with van der Waals surface area (Å²) < 4.78 is 29.5. The van der Waals surface area contributed by atoms with Crippen LogP contribution in [0.4, 0.5) is 4.39 Å². The molecule has 2 aromatic carbocycles. The zero-order valence-corrected chi connectivity index (χ0v) is 13.3. The second kappa shape index (κ2) is 7.17. The molecule has 0 spiro atoms. The third-order valence-corrected chi connectivity index (χ3v) is 3.63. The molecule has 0 bridgehead atoms. The molecule has 4 nitrogen and oxygen atoms in total. The number of aryl methyl sites for hydroxylation is 1. The van der Waals surface area contributed by atoms with Crippen LogP contribution < -0.4 is 15.1 Å². The summed E-state index contributed by atoms with van der Waals surface area (Å²) in [5.41, 5.74) is 1.06. The summed E-state index contributed by atoms with van der Waals surface area (Å²) in [6.07, 6.45) is 0.749. The molecule has 1 aromatic heterocycles. The van der Waals surface area contributed by atoms with Crippen molar-refractivity contribution in [3.63, 3.8) is 0 Å². The van der Waals surface area contributed by atoms with E-state index < -0.39 is 5.82 Å². The van der Waals surface area contributed by atoms with Crippen molar-refractivity contribution in [1.82, 2.24) is 0 Å². The predicted molar refractivity (Wildman–Crippen MR) is 89.3 cm³/mol. The highest BCUT2D eigenvalue weighted by molar-refractivity contribution is 5.81. The lowest BCUT2D eigenvalue weighted by atomic mass is 10.1. The molecule has 0 saturated heterocycles. The quantitative estimate of drug-likeness (QED) is 0.508. The van der Waals surface area contributed by atoms with E-state index in [1.807, 2.05) is 19.1 Å². The lowest BCUT2D eigenvalue weighted by molar-refractivity contribution is 0.211. The number of fused-ring (bicyclic) bond motifs is 1. The standard InChI is InChI=1S/C19H17FO4/c1-2-13-11-19(21)24-18-12-14(7-8-15(13)18)22-9-10-23-17-6-4-3-5-16(17)20/h3-8,11-12H,2,9-10H2,1H3. The van der Waals surface area contributed by atoms with Gasteiger partial charge >= 0.3 is 5.63 Å². The van der Waals surface area contributed by atoms with Gasteiger partial charge in [0.2, 0.25) is 0 Å². The Morgan fingerprint density at radius 2 is 1.83 bits per heavy atom. The van der Waals surface area contributed by atoms with Gasteiger partial charge in [0, 0.05) is 17.5 Å². The van der Waals surface area contributed by atoms with E-state index in [-0.39, 0.29) is 24.6 Å². The van der Waals surface area contributed by atoms with Gasteiger partial charge in [-0.1, -0.05) is 19.1 Å². The minimum Gasteiger partial charge on any atom is -0.490 e. The second-order valence-corrected chi connectivity index (χ2v) is 5.23. The fraction of sp³-hybridized carbons (Fsp3) is 0.211. The van der Waals surface area contributed by atoms with Crippen LogP contribution in [0.5, 0.6) is 11.5 Å². The van der Waals surface area contributed by atoms with E-state index in [9.17, 15) is 9.18 Å². The van der Waals surface area contributed by atoms with Crippen LogP contribution in [-0.4, -0.2) is 13.2 Å². The molecule has 0 fully saturated rings. The third kappa shape index (κ3) is 3.56. The van der Waals surface area contributed by atoms with Gasteiger partial charge in [0.05, 0.1) is 0 Å². The summed E-state index contributed by atoms with van der Waals surface area (Å²) in [5, 5.41) is 0.895. The van der Waals surface area contributed by atoms with Gasteiger partial charge < -0.3 is 13.9 Å². The van der Waals surface area contributed by atoms with Crippen molar-refractivity contribution >= 4 is 11.0 Å². The van der Waals surface area contributed by atoms with Crippen molar-refractivity contribution in [2.45, 2.75) is 13.3 Å². The monoisotopic (exact) mass is 328 g/mol. The van der Waals surface area contributed by atoms with Crippen molar-refractivity contribution in [3.05, 3.63) is 70.3 Å². The Morgan fingerprint density at radius 3 is 2.62 bits per heavy atom. The number of halogens is 1. The Bertz CT molecular complexity index is 901. The van der Waals surface area contributed by atoms with Crippen molar-refractivity contribution in [3.8, 4) is 11.5 Å². The second-order valence-electron chi connectivity index (χ2n) is 5.23. The molecule has 0 radical (unpaired) electrons. The Balaban J connectivity index is 1.65. The van der Waals surface area contributed by atoms with Gasteiger partial charge in [-0.25, -0.2) is 9.18 Å². The molecule has 124 valence electrons. The van der Waals surface area contributed by atoms with Crippen molar-refractivity contribution in [2.75, 3.05) is 13.2 Å². The molecule has 0 aliphatic rings. The predicted octanol–water partition coefficient (Wildman–Crippen LogP) is 3.95. The first-order valence-electron chi connectivity index (χ1n) is 7.74. The average molecular weight is 328 g/mol. The Hall–Kier alpha value is -2.82. The van der Waals surface area contributed by atoms with Crippen LogP contribution in [0.1, 0.15) is 12.5 Å². The molecule has 3 rings (SSSR count). The number of hydrogen-bond donors (Lipinski definition) is 0. The summed E-state index contributed by atoms with van der Waals surface area (Å²) in [6.45, 7) is 2.44. The van der Waals surface area contributed by atoms with Gasteiger partial charge in [-0.05, 0) is 36.2 Å². The summed E-state index contributed by atoms with van der Waals surface area (Å²) in [6, 6.07) is 13.1. The van der Waals surface area contributed by atoms with E-state index in [1.165, 1.54) is 12.1 Å². The van der Waals surface area contributed by atoms with Crippen LogP contribution >= 0.6 is 0 Å². The van der Waals surface area contributed by atoms with Gasteiger partial charge in [0.15, 0.2) is 11.6 Å². The van der Waals surface area contributed by atoms with Gasteiger partial charge in [-0.3, -0.25) is 0 Å². The molecule has 24 heavy (non-hydrogen) atoms. The summed E-state index contributed by atoms with van der Waals surface area (Å²) >= 11 is 0. The SMILES string of the molecule is CCc1cc(=O)oc2cc(OCCOc3ccccc3F)ccc12. The molecule has 1 heterocycles. The van der Waals surface area contributed by atoms with Crippen LogP contribution in [0.15, 0.2) is 57.7 Å². The zero-order valence-electron chi connectivity index (χ0n) is 13.3. The molecule has 0 aliphatic heterocycles. The minimum atomic E-state index is -0.405. The van der Waals surface area contributed by atoms with Crippen LogP contribution in [0.3, 0.4) is 0 Å². The maximum atomic E-state index is 13.4. The molecule has 0 N–H and O–H groups in total. The largest absolute Gasteiger partial charge is 0.490 e. The topological polar surface area (TPSA) is 48.7 Å². The highest BCUT2D eigenvalue weighted by atomic mass is 19.1. The van der Waals surface area contributed by atoms with Crippen molar-refractivity contribution in [1.29, 1.82) is 0 Å². The van der Waals surface area contributed by atoms with E-state index in [0.29, 0.717) is 11.3 Å². The highest BCUT2D eigenvalue weighted by Gasteiger charge is 2.06. The Morgan fingerprint density at radius 1 is 1.04 bits per heavy atom. The Labute approximate surface area is 138 Å². The van der Waals surface area contributed by atoms with Crippen LogP contribution in [0, 0.1) is 5.82 Å². The fourth-order valence-corrected chi connectivity index (χ4v) is 2.47. The van der Waals surface area contributed by atoms with Gasteiger partial charge in [-0.15, -0.1) is 0 Å². The number of para-hydroxylation sites is 1. The van der Waals surface area contributed by atoms with E-state index in [4.69, 9.17) is 13.9 Å². The van der Waals surface area contributed by atoms with Crippen LogP contribution in [-0.2, 0) is 6.42 Å². The van der Waals surface area contributed by atoms with Gasteiger partial charge in [-0.2, -0.15) is 0 Å². The fourth-order valence-electron chi connectivity index (χ4n) is 2.47. The summed E-state index contributed by atoms with van der Waals surface area (Å²) in [5.74, 6) is 0.353. The molecule has 0 atom stereocenters. The maximum absolute atomic E-state index is 13.4. The number of hydrogen-bond acceptors (Lipinski definition) is 4. The molecular formula is C19H17FO4. The lowest BCUT2D eigenvalue weighted by Crippen LogP contribution is -2.09. The highest BCUT2D eigenvalue weighted by Crippen LogP contribution is 2.23. The average Bonchev–Trinajstić information content (AvgIpc) is 2.59. The van der Waals surface area contributed by atoms with Crippen LogP contribution in [0.2, 0.25) is 0 Å². The number of ether oxygens (including phenoxy) is 2. The normalized spacial score (nSPS) is 10.8. The maximum Gasteiger partial charge on any atom is 0.336 e. The molecule has 3 aromatic rings. The molecule has 0 amide bonds. The van der Waals surface area contributed by atoms with E-state index >= 15 is 0 Å². The molecule has 0 saturated carbocycles. The zero-order chi connectivity index (χ0) is 16.9. The lowest BCUT2D eigenvalue weighted by Gasteiger charge is -2.10. The minimum absolute atomic E-state index is 0.193. The first-order valence-corrected chi connectivity index (χ1v) is 7.74. The molecule has 5 heteroatoms.